The molecule has 1 aliphatic heterocycles. The van der Waals surface area contributed by atoms with Crippen molar-refractivity contribution in [1.82, 2.24) is 14.7 Å². The molecule has 0 aliphatic carbocycles. The number of likely N-dealkylation sites (tertiary alicyclic amines) is 1. The zero-order valence-corrected chi connectivity index (χ0v) is 15.1. The van der Waals surface area contributed by atoms with Gasteiger partial charge in [-0.15, -0.1) is 12.4 Å². The molecule has 126 valence electrons. The van der Waals surface area contributed by atoms with Gasteiger partial charge in [0.25, 0.3) is 5.91 Å². The van der Waals surface area contributed by atoms with E-state index in [1.807, 2.05) is 23.4 Å². The monoisotopic (exact) mass is 328 g/mol. The Hall–Kier alpha value is -1.07. The van der Waals surface area contributed by atoms with Gasteiger partial charge in [0.1, 0.15) is 0 Å². The van der Waals surface area contributed by atoms with E-state index in [2.05, 4.69) is 25.9 Å². The van der Waals surface area contributed by atoms with Crippen molar-refractivity contribution in [3.8, 4) is 0 Å². The van der Waals surface area contributed by atoms with Gasteiger partial charge >= 0.3 is 0 Å². The zero-order chi connectivity index (χ0) is 15.8. The van der Waals surface area contributed by atoms with Gasteiger partial charge in [0, 0.05) is 24.3 Å². The van der Waals surface area contributed by atoms with E-state index in [1.165, 1.54) is 0 Å². The lowest BCUT2D eigenvalue weighted by molar-refractivity contribution is 0.0582. The van der Waals surface area contributed by atoms with E-state index in [0.717, 1.165) is 31.5 Å². The summed E-state index contributed by atoms with van der Waals surface area (Å²) in [5, 5.41) is 4.41. The smallest absolute Gasteiger partial charge is 0.257 e. The van der Waals surface area contributed by atoms with Gasteiger partial charge in [-0.05, 0) is 53.9 Å². The Labute approximate surface area is 139 Å². The molecule has 2 N–H and O–H groups in total. The van der Waals surface area contributed by atoms with Gasteiger partial charge in [-0.1, -0.05) is 0 Å². The molecule has 0 saturated carbocycles. The van der Waals surface area contributed by atoms with Crippen LogP contribution in [0.1, 0.15) is 63.0 Å². The standard InChI is InChI=1S/C16H28N4O.ClH/c1-11(17)14-8-6-7-9-19(14)15(21)13-10-18-20(12(13)2)16(3,4)5;/h10-11,14H,6-9,17H2,1-5H3;1H. The molecule has 2 unspecified atom stereocenters. The molecule has 1 aliphatic rings. The summed E-state index contributed by atoms with van der Waals surface area (Å²) < 4.78 is 1.92. The highest BCUT2D eigenvalue weighted by Crippen LogP contribution is 2.24. The van der Waals surface area contributed by atoms with Crippen molar-refractivity contribution in [3.05, 3.63) is 17.5 Å². The van der Waals surface area contributed by atoms with Crippen molar-refractivity contribution in [2.24, 2.45) is 5.73 Å². The molecule has 1 saturated heterocycles. The van der Waals surface area contributed by atoms with Crippen LogP contribution in [0, 0.1) is 6.92 Å². The maximum absolute atomic E-state index is 12.9. The van der Waals surface area contributed by atoms with E-state index < -0.39 is 0 Å². The number of hydrogen-bond donors (Lipinski definition) is 1. The molecule has 0 spiro atoms. The summed E-state index contributed by atoms with van der Waals surface area (Å²) >= 11 is 0. The average molecular weight is 329 g/mol. The maximum Gasteiger partial charge on any atom is 0.257 e. The van der Waals surface area contributed by atoms with Crippen LogP contribution < -0.4 is 5.73 Å². The molecule has 2 atom stereocenters. The van der Waals surface area contributed by atoms with Gasteiger partial charge in [0.2, 0.25) is 0 Å². The van der Waals surface area contributed by atoms with Crippen molar-refractivity contribution >= 4 is 18.3 Å². The fourth-order valence-electron chi connectivity index (χ4n) is 3.21. The molecular weight excluding hydrogens is 300 g/mol. The summed E-state index contributed by atoms with van der Waals surface area (Å²) in [5.74, 6) is 0.0741. The Morgan fingerprint density at radius 3 is 2.55 bits per heavy atom. The highest BCUT2D eigenvalue weighted by molar-refractivity contribution is 5.95. The van der Waals surface area contributed by atoms with Gasteiger partial charge in [0.15, 0.2) is 0 Å². The first-order chi connectivity index (χ1) is 9.73. The van der Waals surface area contributed by atoms with Crippen LogP contribution in [-0.2, 0) is 5.54 Å². The maximum atomic E-state index is 12.9. The SMILES string of the molecule is Cc1c(C(=O)N2CCCCC2C(C)N)cnn1C(C)(C)C.Cl. The highest BCUT2D eigenvalue weighted by atomic mass is 35.5. The minimum absolute atomic E-state index is 0. The third-order valence-electron chi connectivity index (χ3n) is 4.29. The molecule has 22 heavy (non-hydrogen) atoms. The summed E-state index contributed by atoms with van der Waals surface area (Å²) in [6.45, 7) is 11.0. The average Bonchev–Trinajstić information content (AvgIpc) is 2.79. The third-order valence-corrected chi connectivity index (χ3v) is 4.29. The number of amides is 1. The Morgan fingerprint density at radius 2 is 2.05 bits per heavy atom. The second kappa shape index (κ2) is 7.01. The van der Waals surface area contributed by atoms with Gasteiger partial charge in [-0.3, -0.25) is 9.48 Å². The lowest BCUT2D eigenvalue weighted by atomic mass is 9.96. The Morgan fingerprint density at radius 1 is 1.41 bits per heavy atom. The van der Waals surface area contributed by atoms with E-state index in [-0.39, 0.29) is 35.9 Å². The number of halogens is 1. The number of rotatable bonds is 2. The van der Waals surface area contributed by atoms with Crippen LogP contribution in [0.15, 0.2) is 6.20 Å². The fraction of sp³-hybridized carbons (Fsp3) is 0.750. The number of carbonyl (C=O) groups excluding carboxylic acids is 1. The van der Waals surface area contributed by atoms with Crippen molar-refractivity contribution in [1.29, 1.82) is 0 Å². The minimum Gasteiger partial charge on any atom is -0.334 e. The predicted molar refractivity (Wildman–Crippen MR) is 91.5 cm³/mol. The number of aromatic nitrogens is 2. The number of hydrogen-bond acceptors (Lipinski definition) is 3. The van der Waals surface area contributed by atoms with E-state index in [4.69, 9.17) is 5.73 Å². The van der Waals surface area contributed by atoms with Crippen molar-refractivity contribution in [2.75, 3.05) is 6.54 Å². The van der Waals surface area contributed by atoms with Crippen LogP contribution in [-0.4, -0.2) is 39.2 Å². The largest absolute Gasteiger partial charge is 0.334 e. The molecule has 1 aromatic rings. The zero-order valence-electron chi connectivity index (χ0n) is 14.3. The van der Waals surface area contributed by atoms with E-state index >= 15 is 0 Å². The van der Waals surface area contributed by atoms with Crippen molar-refractivity contribution in [2.45, 2.75) is 71.5 Å². The number of piperidine rings is 1. The number of carbonyl (C=O) groups is 1. The first-order valence-corrected chi connectivity index (χ1v) is 7.85. The third kappa shape index (κ3) is 3.63. The molecular formula is C16H29ClN4O. The van der Waals surface area contributed by atoms with Crippen LogP contribution in [0.5, 0.6) is 0 Å². The van der Waals surface area contributed by atoms with Crippen LogP contribution in [0.4, 0.5) is 0 Å². The minimum atomic E-state index is -0.120. The van der Waals surface area contributed by atoms with Crippen LogP contribution in [0.25, 0.3) is 0 Å². The second-order valence-corrected chi connectivity index (χ2v) is 7.15. The molecule has 1 amide bonds. The molecule has 0 radical (unpaired) electrons. The number of nitrogens with two attached hydrogens (primary N) is 1. The normalized spacial score (nSPS) is 20.5. The summed E-state index contributed by atoms with van der Waals surface area (Å²) in [4.78, 5) is 14.8. The molecule has 5 nitrogen and oxygen atoms in total. The second-order valence-electron chi connectivity index (χ2n) is 7.15. The molecule has 2 rings (SSSR count). The number of nitrogens with zero attached hydrogens (tertiary/aromatic N) is 3. The predicted octanol–water partition coefficient (Wildman–Crippen LogP) is 2.71. The van der Waals surface area contributed by atoms with Gasteiger partial charge < -0.3 is 10.6 Å². The first-order valence-electron chi connectivity index (χ1n) is 7.85. The van der Waals surface area contributed by atoms with Gasteiger partial charge in [-0.2, -0.15) is 5.10 Å². The lowest BCUT2D eigenvalue weighted by Gasteiger charge is -2.38. The molecule has 0 bridgehead atoms. The van der Waals surface area contributed by atoms with E-state index in [1.54, 1.807) is 6.20 Å². The van der Waals surface area contributed by atoms with Crippen LogP contribution >= 0.6 is 12.4 Å². The summed E-state index contributed by atoms with van der Waals surface area (Å²) in [6, 6.07) is 0.149. The van der Waals surface area contributed by atoms with Gasteiger partial charge in [0.05, 0.1) is 17.3 Å². The first kappa shape index (κ1) is 19.0. The van der Waals surface area contributed by atoms with Crippen LogP contribution in [0.3, 0.4) is 0 Å². The highest BCUT2D eigenvalue weighted by Gasteiger charge is 2.32. The molecule has 2 heterocycles. The van der Waals surface area contributed by atoms with Gasteiger partial charge in [-0.25, -0.2) is 0 Å². The van der Waals surface area contributed by atoms with Crippen molar-refractivity contribution < 1.29 is 4.79 Å². The molecule has 1 fully saturated rings. The van der Waals surface area contributed by atoms with Crippen LogP contribution in [0.2, 0.25) is 0 Å². The lowest BCUT2D eigenvalue weighted by Crippen LogP contribution is -2.51. The quantitative estimate of drug-likeness (QED) is 0.907. The Kier molecular flexibility index (Phi) is 6.04. The Bertz CT molecular complexity index is 519. The molecule has 1 aromatic heterocycles. The molecule has 6 heteroatoms. The Balaban J connectivity index is 0.00000242. The summed E-state index contributed by atoms with van der Waals surface area (Å²) in [5.41, 5.74) is 7.59. The fourth-order valence-corrected chi connectivity index (χ4v) is 3.21. The topological polar surface area (TPSA) is 64.2 Å². The van der Waals surface area contributed by atoms with E-state index in [0.29, 0.717) is 5.56 Å². The summed E-state index contributed by atoms with van der Waals surface area (Å²) in [7, 11) is 0. The molecule has 0 aromatic carbocycles. The van der Waals surface area contributed by atoms with E-state index in [9.17, 15) is 4.79 Å². The summed E-state index contributed by atoms with van der Waals surface area (Å²) in [6.07, 6.45) is 4.91. The van der Waals surface area contributed by atoms with Crippen molar-refractivity contribution in [3.63, 3.8) is 0 Å².